The van der Waals surface area contributed by atoms with Crippen molar-refractivity contribution in [2.75, 3.05) is 6.54 Å². The first-order valence-corrected chi connectivity index (χ1v) is 7.24. The molecule has 2 aromatic rings. The molecule has 18 heavy (non-hydrogen) atoms. The molecule has 0 unspecified atom stereocenters. The molecule has 0 aliphatic heterocycles. The summed E-state index contributed by atoms with van der Waals surface area (Å²) in [6.45, 7) is 2.58. The molecule has 0 saturated heterocycles. The van der Waals surface area contributed by atoms with E-state index in [4.69, 9.17) is 0 Å². The van der Waals surface area contributed by atoms with Crippen LogP contribution in [-0.4, -0.2) is 22.0 Å². The third kappa shape index (κ3) is 3.20. The van der Waals surface area contributed by atoms with E-state index in [0.717, 1.165) is 21.6 Å². The molecule has 6 heteroatoms. The Hall–Kier alpha value is -1.14. The average molecular weight is 328 g/mol. The van der Waals surface area contributed by atoms with Crippen molar-refractivity contribution < 1.29 is 4.79 Å². The summed E-state index contributed by atoms with van der Waals surface area (Å²) in [5.41, 5.74) is 1.68. The summed E-state index contributed by atoms with van der Waals surface area (Å²) in [6.07, 6.45) is 2.63. The molecule has 2 aromatic heterocycles. The van der Waals surface area contributed by atoms with Gasteiger partial charge >= 0.3 is 0 Å². The van der Waals surface area contributed by atoms with Crippen LogP contribution in [-0.2, 0) is 13.5 Å². The number of halogens is 1. The van der Waals surface area contributed by atoms with E-state index in [1.54, 1.807) is 15.9 Å². The summed E-state index contributed by atoms with van der Waals surface area (Å²) in [7, 11) is 1.85. The minimum Gasteiger partial charge on any atom is -0.350 e. The van der Waals surface area contributed by atoms with Crippen molar-refractivity contribution in [2.24, 2.45) is 7.05 Å². The lowest BCUT2D eigenvalue weighted by atomic mass is 10.3. The fourth-order valence-electron chi connectivity index (χ4n) is 1.67. The second kappa shape index (κ2) is 5.67. The highest BCUT2D eigenvalue weighted by Gasteiger charge is 2.10. The third-order valence-corrected chi connectivity index (χ3v) is 3.79. The number of rotatable bonds is 4. The molecule has 0 radical (unpaired) electrons. The average Bonchev–Trinajstić information content (AvgIpc) is 2.85. The molecule has 2 heterocycles. The Morgan fingerprint density at radius 1 is 1.61 bits per heavy atom. The van der Waals surface area contributed by atoms with Gasteiger partial charge in [-0.1, -0.05) is 0 Å². The van der Waals surface area contributed by atoms with Crippen molar-refractivity contribution in [1.82, 2.24) is 14.9 Å². The summed E-state index contributed by atoms with van der Waals surface area (Å²) in [5, 5.41) is 5.98. The summed E-state index contributed by atoms with van der Waals surface area (Å²) < 4.78 is 2.71. The largest absolute Gasteiger partial charge is 0.350 e. The third-order valence-electron chi connectivity index (χ3n) is 2.54. The van der Waals surface area contributed by atoms with E-state index < -0.39 is 0 Å². The standard InChI is InChI=1S/C12H14BrN3OS/c1-8-15-10(7-18-8)3-4-14-12(17)11-5-9(13)6-16(11)2/h5-7H,3-4H2,1-2H3,(H,14,17). The van der Waals surface area contributed by atoms with Crippen molar-refractivity contribution >= 4 is 33.2 Å². The monoisotopic (exact) mass is 327 g/mol. The van der Waals surface area contributed by atoms with Gasteiger partial charge in [0, 0.05) is 36.1 Å². The summed E-state index contributed by atoms with van der Waals surface area (Å²) in [6, 6.07) is 1.81. The van der Waals surface area contributed by atoms with E-state index in [2.05, 4.69) is 26.2 Å². The van der Waals surface area contributed by atoms with Gasteiger partial charge in [0.2, 0.25) is 0 Å². The van der Waals surface area contributed by atoms with Crippen LogP contribution < -0.4 is 5.32 Å². The van der Waals surface area contributed by atoms with Crippen LogP contribution in [0.1, 0.15) is 21.2 Å². The van der Waals surface area contributed by atoms with Gasteiger partial charge in [-0.25, -0.2) is 4.98 Å². The topological polar surface area (TPSA) is 46.9 Å². The van der Waals surface area contributed by atoms with Gasteiger partial charge in [-0.05, 0) is 28.9 Å². The van der Waals surface area contributed by atoms with Gasteiger partial charge in [0.1, 0.15) is 5.69 Å². The summed E-state index contributed by atoms with van der Waals surface area (Å²) in [4.78, 5) is 16.3. The number of thiazole rings is 1. The smallest absolute Gasteiger partial charge is 0.267 e. The van der Waals surface area contributed by atoms with Crippen LogP contribution in [0.5, 0.6) is 0 Å². The minimum atomic E-state index is -0.0600. The van der Waals surface area contributed by atoms with Gasteiger partial charge in [-0.15, -0.1) is 11.3 Å². The molecule has 0 bridgehead atoms. The molecule has 0 atom stereocenters. The van der Waals surface area contributed by atoms with E-state index in [-0.39, 0.29) is 5.91 Å². The Balaban J connectivity index is 1.87. The second-order valence-electron chi connectivity index (χ2n) is 4.02. The van der Waals surface area contributed by atoms with E-state index in [9.17, 15) is 4.79 Å². The summed E-state index contributed by atoms with van der Waals surface area (Å²) >= 11 is 4.98. The fourth-order valence-corrected chi connectivity index (χ4v) is 2.84. The predicted molar refractivity (Wildman–Crippen MR) is 76.0 cm³/mol. The summed E-state index contributed by atoms with van der Waals surface area (Å²) in [5.74, 6) is -0.0600. The van der Waals surface area contributed by atoms with Gasteiger partial charge in [-0.3, -0.25) is 4.79 Å². The highest BCUT2D eigenvalue weighted by Crippen LogP contribution is 2.13. The van der Waals surface area contributed by atoms with Crippen molar-refractivity contribution in [3.05, 3.63) is 38.5 Å². The highest BCUT2D eigenvalue weighted by atomic mass is 79.9. The first-order chi connectivity index (χ1) is 8.56. The van der Waals surface area contributed by atoms with Crippen LogP contribution in [0.2, 0.25) is 0 Å². The number of hydrogen-bond donors (Lipinski definition) is 1. The first-order valence-electron chi connectivity index (χ1n) is 5.57. The van der Waals surface area contributed by atoms with E-state index in [1.165, 1.54) is 0 Å². The van der Waals surface area contributed by atoms with Gasteiger partial charge < -0.3 is 9.88 Å². The molecule has 0 aromatic carbocycles. The lowest BCUT2D eigenvalue weighted by Gasteiger charge is -2.04. The number of aryl methyl sites for hydroxylation is 2. The van der Waals surface area contributed by atoms with Gasteiger partial charge in [0.25, 0.3) is 5.91 Å². The van der Waals surface area contributed by atoms with E-state index in [0.29, 0.717) is 12.2 Å². The maximum absolute atomic E-state index is 11.9. The van der Waals surface area contributed by atoms with Gasteiger partial charge in [-0.2, -0.15) is 0 Å². The van der Waals surface area contributed by atoms with Crippen LogP contribution in [0, 0.1) is 6.92 Å². The number of carbonyl (C=O) groups is 1. The number of hydrogen-bond acceptors (Lipinski definition) is 3. The molecule has 0 saturated carbocycles. The van der Waals surface area contributed by atoms with Crippen LogP contribution in [0.4, 0.5) is 0 Å². The molecule has 4 nitrogen and oxygen atoms in total. The zero-order chi connectivity index (χ0) is 13.1. The van der Waals surface area contributed by atoms with E-state index >= 15 is 0 Å². The van der Waals surface area contributed by atoms with Gasteiger partial charge in [0.15, 0.2) is 0 Å². The number of amides is 1. The van der Waals surface area contributed by atoms with Crippen LogP contribution in [0.3, 0.4) is 0 Å². The molecule has 2 rings (SSSR count). The Kier molecular flexibility index (Phi) is 4.19. The van der Waals surface area contributed by atoms with Crippen molar-refractivity contribution in [3.63, 3.8) is 0 Å². The Bertz CT molecular complexity index is 561. The molecule has 0 spiro atoms. The quantitative estimate of drug-likeness (QED) is 0.937. The Labute approximate surface area is 118 Å². The van der Waals surface area contributed by atoms with Crippen LogP contribution in [0.15, 0.2) is 22.1 Å². The number of aromatic nitrogens is 2. The van der Waals surface area contributed by atoms with Crippen molar-refractivity contribution in [2.45, 2.75) is 13.3 Å². The van der Waals surface area contributed by atoms with Crippen LogP contribution in [0.25, 0.3) is 0 Å². The molecule has 0 fully saturated rings. The maximum atomic E-state index is 11.9. The second-order valence-corrected chi connectivity index (χ2v) is 6.00. The maximum Gasteiger partial charge on any atom is 0.267 e. The number of carbonyl (C=O) groups excluding carboxylic acids is 1. The highest BCUT2D eigenvalue weighted by molar-refractivity contribution is 9.10. The molecule has 96 valence electrons. The van der Waals surface area contributed by atoms with E-state index in [1.807, 2.05) is 31.6 Å². The molecule has 0 aliphatic rings. The Morgan fingerprint density at radius 2 is 2.39 bits per heavy atom. The fraction of sp³-hybridized carbons (Fsp3) is 0.333. The normalized spacial score (nSPS) is 10.6. The zero-order valence-electron chi connectivity index (χ0n) is 10.2. The molecule has 0 aliphatic carbocycles. The van der Waals surface area contributed by atoms with Gasteiger partial charge in [0.05, 0.1) is 10.7 Å². The molecular weight excluding hydrogens is 314 g/mol. The SMILES string of the molecule is Cc1nc(CCNC(=O)c2cc(Br)cn2C)cs1. The number of nitrogens with one attached hydrogen (secondary N) is 1. The lowest BCUT2D eigenvalue weighted by molar-refractivity contribution is 0.0946. The van der Waals surface area contributed by atoms with Crippen LogP contribution >= 0.6 is 27.3 Å². The molecular formula is C12H14BrN3OS. The molecule has 1 N–H and O–H groups in total. The van der Waals surface area contributed by atoms with Crippen molar-refractivity contribution in [1.29, 1.82) is 0 Å². The predicted octanol–water partition coefficient (Wildman–Crippen LogP) is 2.53. The first kappa shape index (κ1) is 13.3. The number of nitrogens with zero attached hydrogens (tertiary/aromatic N) is 2. The zero-order valence-corrected chi connectivity index (χ0v) is 12.6. The lowest BCUT2D eigenvalue weighted by Crippen LogP contribution is -2.27. The minimum absolute atomic E-state index is 0.0600. The Morgan fingerprint density at radius 3 is 2.94 bits per heavy atom. The molecule has 1 amide bonds. The van der Waals surface area contributed by atoms with Crippen molar-refractivity contribution in [3.8, 4) is 0 Å².